The van der Waals surface area contributed by atoms with Gasteiger partial charge in [0.2, 0.25) is 41.9 Å². The van der Waals surface area contributed by atoms with Crippen molar-refractivity contribution in [3.8, 4) is 11.5 Å². The van der Waals surface area contributed by atoms with Crippen molar-refractivity contribution in [1.29, 1.82) is 0 Å². The zero-order valence-corrected chi connectivity index (χ0v) is 45.7. The number of aryl methyl sites for hydroxylation is 1. The molecule has 9 unspecified atom stereocenters. The summed E-state index contributed by atoms with van der Waals surface area (Å²) >= 11 is 0. The number of para-hydroxylation sites is 1. The van der Waals surface area contributed by atoms with E-state index in [2.05, 4.69) is 47.9 Å². The molecule has 79 heavy (non-hydrogen) atoms. The standard InChI is InChI=1S/C56H75N9O14/c1-8-42(69)64-40(51(74)60-30-44(71)58-21-23-66)29-56-38-18-14-19-41(79-55(6,9-2)49(57-7)53(76)77)45(38)65-54(56)78-48-37(27-36(28-39(48)56)47(72)46(61-31-68)52(75)59-22-24-67)26-32(3)25-33(4)62-50(73)34(5)63-43(70)20-13-17-35-15-11-10-12-16-35/h10-12,14-16,18-19,23-24,27-28,31-34,40,46-47,49,54,57,65,72H,8-9,13,17,20-22,25-26,29-30H2,1-7H3,(H,58,71)(H,59,75)(H,60,74)(H,61,68)(H,62,73)(H,63,70)(H,64,69)(H,76,77)/t32?,33?,34?,40?,46?,47?,49?,54?,55?,56-/m0/s1. The van der Waals surface area contributed by atoms with Crippen LogP contribution in [0.5, 0.6) is 11.5 Å². The van der Waals surface area contributed by atoms with Crippen LogP contribution >= 0.6 is 0 Å². The summed E-state index contributed by atoms with van der Waals surface area (Å²) < 4.78 is 13.6. The molecule has 0 saturated heterocycles. The lowest BCUT2D eigenvalue weighted by molar-refractivity contribution is -0.145. The molecule has 0 radical (unpaired) electrons. The highest BCUT2D eigenvalue weighted by atomic mass is 16.5. The number of aldehydes is 2. The molecule has 10 atom stereocenters. The second kappa shape index (κ2) is 28.6. The molecule has 0 saturated carbocycles. The fraction of sp³-hybridized carbons (Fsp3) is 0.500. The summed E-state index contributed by atoms with van der Waals surface area (Å²) in [4.78, 5) is 127. The number of carbonyl (C=O) groups excluding carboxylic acids is 9. The Morgan fingerprint density at radius 1 is 0.835 bits per heavy atom. The summed E-state index contributed by atoms with van der Waals surface area (Å²) in [5.74, 6) is -4.50. The molecule has 11 N–H and O–H groups in total. The van der Waals surface area contributed by atoms with E-state index in [1.54, 1.807) is 58.0 Å². The van der Waals surface area contributed by atoms with Crippen molar-refractivity contribution in [2.75, 3.05) is 32.0 Å². The molecule has 0 spiro atoms. The highest BCUT2D eigenvalue weighted by Gasteiger charge is 2.59. The maximum absolute atomic E-state index is 14.4. The molecule has 428 valence electrons. The van der Waals surface area contributed by atoms with E-state index in [4.69, 9.17) is 9.47 Å². The second-order valence-corrected chi connectivity index (χ2v) is 20.2. The number of aliphatic hydroxyl groups is 1. The molecule has 23 nitrogen and oxygen atoms in total. The minimum absolute atomic E-state index is 0.0525. The molecule has 23 heteroatoms. The number of fused-ring (bicyclic) bond motifs is 5. The number of aliphatic hydroxyl groups excluding tert-OH is 1. The number of hydrogen-bond donors (Lipinski definition) is 11. The van der Waals surface area contributed by atoms with E-state index in [-0.39, 0.29) is 73.9 Å². The number of amides is 7. The van der Waals surface area contributed by atoms with Gasteiger partial charge in [-0.25, -0.2) is 0 Å². The van der Waals surface area contributed by atoms with E-state index in [9.17, 15) is 58.2 Å². The molecule has 3 aromatic rings. The summed E-state index contributed by atoms with van der Waals surface area (Å²) in [5.41, 5.74) is -0.0782. The first-order valence-corrected chi connectivity index (χ1v) is 26.5. The van der Waals surface area contributed by atoms with Gasteiger partial charge in [0.15, 0.2) is 6.23 Å². The molecule has 0 fully saturated rings. The predicted molar refractivity (Wildman–Crippen MR) is 290 cm³/mol. The molecule has 0 bridgehead atoms. The molecule has 5 rings (SSSR count). The van der Waals surface area contributed by atoms with Gasteiger partial charge in [-0.3, -0.25) is 38.4 Å². The quantitative estimate of drug-likeness (QED) is 0.0381. The molecule has 2 heterocycles. The average Bonchev–Trinajstić information content (AvgIpc) is 3.02. The van der Waals surface area contributed by atoms with Gasteiger partial charge >= 0.3 is 5.97 Å². The van der Waals surface area contributed by atoms with Gasteiger partial charge in [-0.05, 0) is 113 Å². The number of anilines is 1. The van der Waals surface area contributed by atoms with Crippen molar-refractivity contribution in [3.63, 3.8) is 0 Å². The monoisotopic (exact) mass is 1100 g/mol. The van der Waals surface area contributed by atoms with E-state index in [1.807, 2.05) is 44.2 Å². The van der Waals surface area contributed by atoms with Crippen molar-refractivity contribution in [2.45, 2.75) is 146 Å². The first kappa shape index (κ1) is 61.9. The van der Waals surface area contributed by atoms with Crippen LogP contribution < -0.4 is 57.3 Å². The molecule has 3 aromatic carbocycles. The van der Waals surface area contributed by atoms with Gasteiger partial charge in [-0.1, -0.05) is 63.2 Å². The van der Waals surface area contributed by atoms with Gasteiger partial charge in [0.25, 0.3) is 0 Å². The number of nitrogens with one attached hydrogen (secondary N) is 9. The number of hydrogen-bond acceptors (Lipinski definition) is 15. The third-order valence-corrected chi connectivity index (χ3v) is 14.4. The van der Waals surface area contributed by atoms with Crippen LogP contribution in [0.4, 0.5) is 5.69 Å². The summed E-state index contributed by atoms with van der Waals surface area (Å²) in [6.45, 7) is 9.03. The minimum Gasteiger partial charge on any atom is -0.483 e. The van der Waals surface area contributed by atoms with Crippen molar-refractivity contribution >= 4 is 66.1 Å². The number of ether oxygens (including phenoxy) is 2. The van der Waals surface area contributed by atoms with Gasteiger partial charge < -0.3 is 77.1 Å². The van der Waals surface area contributed by atoms with Crippen LogP contribution in [-0.4, -0.2) is 139 Å². The number of aliphatic carboxylic acids is 1. The number of carbonyl (C=O) groups is 10. The van der Waals surface area contributed by atoms with Gasteiger partial charge in [0.1, 0.15) is 59.9 Å². The van der Waals surface area contributed by atoms with Crippen molar-refractivity contribution in [3.05, 3.63) is 88.5 Å². The molecule has 0 aromatic heterocycles. The maximum Gasteiger partial charge on any atom is 0.324 e. The van der Waals surface area contributed by atoms with E-state index in [1.165, 1.54) is 7.05 Å². The Labute approximate surface area is 459 Å². The highest BCUT2D eigenvalue weighted by Crippen LogP contribution is 2.59. The lowest BCUT2D eigenvalue weighted by atomic mass is 9.70. The Kier molecular flexibility index (Phi) is 22.4. The van der Waals surface area contributed by atoms with Crippen LogP contribution in [0, 0.1) is 5.92 Å². The Balaban J connectivity index is 1.61. The zero-order valence-electron chi connectivity index (χ0n) is 45.7. The Morgan fingerprint density at radius 2 is 1.54 bits per heavy atom. The molecular weight excluding hydrogens is 1020 g/mol. The number of carboxylic acid groups (broad SMARTS) is 1. The topological polar surface area (TPSA) is 338 Å². The minimum atomic E-state index is -1.78. The molecule has 7 amide bonds. The van der Waals surface area contributed by atoms with Crippen LogP contribution in [0.25, 0.3) is 0 Å². The predicted octanol–water partition coefficient (Wildman–Crippen LogP) is 1.12. The Bertz CT molecular complexity index is 2690. The zero-order chi connectivity index (χ0) is 58.0. The van der Waals surface area contributed by atoms with Crippen molar-refractivity contribution < 1.29 is 67.6 Å². The molecular formula is C56H75N9O14. The average molecular weight is 1100 g/mol. The number of carboxylic acids is 1. The third-order valence-electron chi connectivity index (χ3n) is 14.4. The first-order valence-electron chi connectivity index (χ1n) is 26.5. The maximum atomic E-state index is 14.4. The molecule has 2 aliphatic rings. The number of benzene rings is 3. The van der Waals surface area contributed by atoms with E-state index in [0.717, 1.165) is 5.56 Å². The Hall–Kier alpha value is -7.92. The molecule has 2 aliphatic heterocycles. The number of likely N-dealkylation sites (N-methyl/N-ethyl adjacent to an activating group) is 1. The van der Waals surface area contributed by atoms with Crippen LogP contribution in [0.2, 0.25) is 0 Å². The second-order valence-electron chi connectivity index (χ2n) is 20.2. The summed E-state index contributed by atoms with van der Waals surface area (Å²) in [7, 11) is 1.50. The van der Waals surface area contributed by atoms with E-state index < -0.39 is 102 Å². The molecule has 0 aliphatic carbocycles. The van der Waals surface area contributed by atoms with Crippen LogP contribution in [0.15, 0.2) is 60.7 Å². The summed E-state index contributed by atoms with van der Waals surface area (Å²) in [6, 6.07) is 12.5. The SMILES string of the molecule is CCC(=O)NC(C[C@@]12c3cccc(OC(C)(CC)C(NC)C(=O)O)c3NC1Oc1c(CC(C)CC(C)NC(=O)C(C)NC(=O)CCCc3ccccc3)cc(C(O)C(NC=O)C(=O)NCC=O)cc12)C(=O)NCC(=O)NCC=O. The third kappa shape index (κ3) is 15.4. The lowest BCUT2D eigenvalue weighted by Crippen LogP contribution is -2.55. The van der Waals surface area contributed by atoms with Gasteiger partial charge in [0, 0.05) is 24.4 Å². The fourth-order valence-corrected chi connectivity index (χ4v) is 10.3. The normalized spacial score (nSPS) is 18.2. The largest absolute Gasteiger partial charge is 0.483 e. The smallest absolute Gasteiger partial charge is 0.324 e. The summed E-state index contributed by atoms with van der Waals surface area (Å²) in [5, 5.41) is 46.9. The van der Waals surface area contributed by atoms with Crippen molar-refractivity contribution in [1.82, 2.24) is 42.5 Å². The van der Waals surface area contributed by atoms with Gasteiger partial charge in [-0.15, -0.1) is 0 Å². The van der Waals surface area contributed by atoms with Crippen LogP contribution in [-0.2, 0) is 66.2 Å². The first-order chi connectivity index (χ1) is 37.7. The lowest BCUT2D eigenvalue weighted by Gasteiger charge is -2.35. The van der Waals surface area contributed by atoms with Gasteiger partial charge in [0.05, 0.1) is 30.7 Å². The van der Waals surface area contributed by atoms with Crippen LogP contribution in [0.3, 0.4) is 0 Å². The Morgan fingerprint density at radius 3 is 2.19 bits per heavy atom. The number of rotatable bonds is 33. The van der Waals surface area contributed by atoms with Crippen LogP contribution in [0.1, 0.15) is 114 Å². The van der Waals surface area contributed by atoms with Crippen molar-refractivity contribution in [2.24, 2.45) is 5.92 Å². The van der Waals surface area contributed by atoms with Gasteiger partial charge in [-0.2, -0.15) is 0 Å². The van der Waals surface area contributed by atoms with E-state index in [0.29, 0.717) is 54.2 Å². The van der Waals surface area contributed by atoms with E-state index >= 15 is 0 Å². The highest BCUT2D eigenvalue weighted by molar-refractivity contribution is 5.92. The fourth-order valence-electron chi connectivity index (χ4n) is 10.3. The summed E-state index contributed by atoms with van der Waals surface area (Å²) in [6.07, 6.45) is 0.231.